The number of ether oxygens (including phenoxy) is 1. The van der Waals surface area contributed by atoms with Gasteiger partial charge in [0.05, 0.1) is 0 Å². The van der Waals surface area contributed by atoms with Gasteiger partial charge >= 0.3 is 0 Å². The molecule has 0 fully saturated rings. The van der Waals surface area contributed by atoms with E-state index in [-0.39, 0.29) is 12.5 Å². The molecule has 4 heteroatoms. The Morgan fingerprint density at radius 1 is 1.24 bits per heavy atom. The monoisotopic (exact) mass is 244 g/mol. The van der Waals surface area contributed by atoms with Crippen molar-refractivity contribution < 1.29 is 9.53 Å². The Bertz CT molecular complexity index is 184. The van der Waals surface area contributed by atoms with E-state index in [1.165, 1.54) is 0 Å². The van der Waals surface area contributed by atoms with Gasteiger partial charge in [0.1, 0.15) is 6.61 Å². The average molecular weight is 244 g/mol. The highest BCUT2D eigenvalue weighted by Gasteiger charge is 2.01. The Morgan fingerprint density at radius 2 is 1.94 bits per heavy atom. The summed E-state index contributed by atoms with van der Waals surface area (Å²) in [4.78, 5) is 11.3. The Hall–Kier alpha value is -0.610. The Balaban J connectivity index is 3.18. The van der Waals surface area contributed by atoms with Crippen LogP contribution in [0.1, 0.15) is 46.0 Å². The van der Waals surface area contributed by atoms with Gasteiger partial charge in [-0.15, -0.1) is 0 Å². The zero-order valence-corrected chi connectivity index (χ0v) is 11.3. The van der Waals surface area contributed by atoms with Gasteiger partial charge in [0.2, 0.25) is 5.91 Å². The summed E-state index contributed by atoms with van der Waals surface area (Å²) in [6.07, 6.45) is 5.39. The number of rotatable bonds is 11. The summed E-state index contributed by atoms with van der Waals surface area (Å²) < 4.78 is 5.27. The van der Waals surface area contributed by atoms with E-state index in [0.717, 1.165) is 45.2 Å². The lowest BCUT2D eigenvalue weighted by molar-refractivity contribution is -0.125. The molecule has 0 bridgehead atoms. The summed E-state index contributed by atoms with van der Waals surface area (Å²) in [5, 5.41) is 2.85. The molecular weight excluding hydrogens is 216 g/mol. The van der Waals surface area contributed by atoms with E-state index in [2.05, 4.69) is 19.2 Å². The molecule has 102 valence electrons. The largest absolute Gasteiger partial charge is 0.372 e. The van der Waals surface area contributed by atoms with E-state index in [9.17, 15) is 4.79 Å². The molecule has 0 saturated heterocycles. The topological polar surface area (TPSA) is 64.3 Å². The second-order valence-corrected chi connectivity index (χ2v) is 4.79. The SMILES string of the molecule is CC(C)CCOCC(=O)NCCCCCCN. The first kappa shape index (κ1) is 16.4. The van der Waals surface area contributed by atoms with Crippen LogP contribution in [-0.4, -0.2) is 32.2 Å². The predicted molar refractivity (Wildman–Crippen MR) is 70.8 cm³/mol. The van der Waals surface area contributed by atoms with Crippen molar-refractivity contribution in [2.45, 2.75) is 46.0 Å². The van der Waals surface area contributed by atoms with Gasteiger partial charge in [-0.1, -0.05) is 26.7 Å². The third kappa shape index (κ3) is 13.3. The summed E-state index contributed by atoms with van der Waals surface area (Å²) in [5.74, 6) is 0.619. The summed E-state index contributed by atoms with van der Waals surface area (Å²) in [6, 6.07) is 0. The summed E-state index contributed by atoms with van der Waals surface area (Å²) in [5.41, 5.74) is 5.39. The summed E-state index contributed by atoms with van der Waals surface area (Å²) in [7, 11) is 0. The van der Waals surface area contributed by atoms with Crippen LogP contribution in [0.5, 0.6) is 0 Å². The minimum atomic E-state index is -0.00687. The maximum absolute atomic E-state index is 11.3. The zero-order valence-electron chi connectivity index (χ0n) is 11.3. The van der Waals surface area contributed by atoms with E-state index >= 15 is 0 Å². The maximum Gasteiger partial charge on any atom is 0.245 e. The normalized spacial score (nSPS) is 10.8. The molecule has 0 aromatic carbocycles. The van der Waals surface area contributed by atoms with Gasteiger partial charge in [-0.25, -0.2) is 0 Å². The van der Waals surface area contributed by atoms with Crippen LogP contribution in [0.3, 0.4) is 0 Å². The molecule has 0 saturated carbocycles. The second-order valence-electron chi connectivity index (χ2n) is 4.79. The fourth-order valence-electron chi connectivity index (χ4n) is 1.39. The lowest BCUT2D eigenvalue weighted by Crippen LogP contribution is -2.28. The lowest BCUT2D eigenvalue weighted by atomic mass is 10.1. The predicted octanol–water partition coefficient (Wildman–Crippen LogP) is 1.68. The number of carbonyl (C=O) groups excluding carboxylic acids is 1. The zero-order chi connectivity index (χ0) is 12.9. The molecule has 4 nitrogen and oxygen atoms in total. The molecule has 0 atom stereocenters. The van der Waals surface area contributed by atoms with Crippen LogP contribution in [-0.2, 0) is 9.53 Å². The van der Waals surface area contributed by atoms with Crippen molar-refractivity contribution in [1.82, 2.24) is 5.32 Å². The summed E-state index contributed by atoms with van der Waals surface area (Å²) in [6.45, 7) is 6.65. The van der Waals surface area contributed by atoms with Crippen LogP contribution < -0.4 is 11.1 Å². The molecule has 0 aliphatic heterocycles. The van der Waals surface area contributed by atoms with Crippen LogP contribution in [0, 0.1) is 5.92 Å². The maximum atomic E-state index is 11.3. The highest BCUT2D eigenvalue weighted by Crippen LogP contribution is 1.99. The number of carbonyl (C=O) groups is 1. The standard InChI is InChI=1S/C13H28N2O2/c1-12(2)7-10-17-11-13(16)15-9-6-4-3-5-8-14/h12H,3-11,14H2,1-2H3,(H,15,16). The number of nitrogens with two attached hydrogens (primary N) is 1. The number of hydrogen-bond donors (Lipinski definition) is 2. The number of unbranched alkanes of at least 4 members (excludes halogenated alkanes) is 3. The first-order chi connectivity index (χ1) is 8.16. The van der Waals surface area contributed by atoms with Crippen molar-refractivity contribution in [3.05, 3.63) is 0 Å². The van der Waals surface area contributed by atoms with Gasteiger partial charge in [0.25, 0.3) is 0 Å². The molecule has 17 heavy (non-hydrogen) atoms. The number of hydrogen-bond acceptors (Lipinski definition) is 3. The van der Waals surface area contributed by atoms with E-state index in [1.807, 2.05) is 0 Å². The first-order valence-electron chi connectivity index (χ1n) is 6.71. The second kappa shape index (κ2) is 11.9. The highest BCUT2D eigenvalue weighted by atomic mass is 16.5. The molecule has 0 aromatic rings. The fraction of sp³-hybridized carbons (Fsp3) is 0.923. The van der Waals surface area contributed by atoms with Gasteiger partial charge < -0.3 is 15.8 Å². The Morgan fingerprint density at radius 3 is 2.59 bits per heavy atom. The highest BCUT2D eigenvalue weighted by molar-refractivity contribution is 5.77. The molecule has 0 rings (SSSR count). The van der Waals surface area contributed by atoms with Gasteiger partial charge in [-0.3, -0.25) is 4.79 Å². The third-order valence-electron chi connectivity index (χ3n) is 2.53. The van der Waals surface area contributed by atoms with E-state index in [0.29, 0.717) is 12.5 Å². The summed E-state index contributed by atoms with van der Waals surface area (Å²) >= 11 is 0. The fourth-order valence-corrected chi connectivity index (χ4v) is 1.39. The Labute approximate surface area is 105 Å². The minimum absolute atomic E-state index is 0.00687. The van der Waals surface area contributed by atoms with Crippen LogP contribution in [0.2, 0.25) is 0 Å². The van der Waals surface area contributed by atoms with Gasteiger partial charge in [0, 0.05) is 13.2 Å². The smallest absolute Gasteiger partial charge is 0.245 e. The molecule has 0 heterocycles. The molecular formula is C13H28N2O2. The van der Waals surface area contributed by atoms with Crippen molar-refractivity contribution in [3.63, 3.8) is 0 Å². The van der Waals surface area contributed by atoms with E-state index < -0.39 is 0 Å². The molecule has 0 radical (unpaired) electrons. The average Bonchev–Trinajstić information content (AvgIpc) is 2.29. The molecule has 0 unspecified atom stereocenters. The Kier molecular flexibility index (Phi) is 11.4. The van der Waals surface area contributed by atoms with Gasteiger partial charge in [0.15, 0.2) is 0 Å². The molecule has 3 N–H and O–H groups in total. The van der Waals surface area contributed by atoms with E-state index in [4.69, 9.17) is 10.5 Å². The minimum Gasteiger partial charge on any atom is -0.372 e. The van der Waals surface area contributed by atoms with Crippen molar-refractivity contribution in [1.29, 1.82) is 0 Å². The first-order valence-corrected chi connectivity index (χ1v) is 6.71. The van der Waals surface area contributed by atoms with Crippen LogP contribution in [0.25, 0.3) is 0 Å². The molecule has 1 amide bonds. The lowest BCUT2D eigenvalue weighted by Gasteiger charge is -2.07. The molecule has 0 aliphatic rings. The van der Waals surface area contributed by atoms with Crippen molar-refractivity contribution in [3.8, 4) is 0 Å². The van der Waals surface area contributed by atoms with Gasteiger partial charge in [-0.05, 0) is 31.7 Å². The third-order valence-corrected chi connectivity index (χ3v) is 2.53. The van der Waals surface area contributed by atoms with Crippen LogP contribution in [0.15, 0.2) is 0 Å². The van der Waals surface area contributed by atoms with Gasteiger partial charge in [-0.2, -0.15) is 0 Å². The molecule has 0 aliphatic carbocycles. The molecule has 0 spiro atoms. The molecule has 0 aromatic heterocycles. The number of nitrogens with one attached hydrogen (secondary N) is 1. The van der Waals surface area contributed by atoms with Crippen LogP contribution >= 0.6 is 0 Å². The van der Waals surface area contributed by atoms with E-state index in [1.54, 1.807) is 0 Å². The van der Waals surface area contributed by atoms with Crippen molar-refractivity contribution >= 4 is 5.91 Å². The van der Waals surface area contributed by atoms with Crippen molar-refractivity contribution in [2.75, 3.05) is 26.3 Å². The quantitative estimate of drug-likeness (QED) is 0.544. The number of amides is 1. The van der Waals surface area contributed by atoms with Crippen LogP contribution in [0.4, 0.5) is 0 Å². The van der Waals surface area contributed by atoms with Crippen molar-refractivity contribution in [2.24, 2.45) is 11.7 Å².